The Kier molecular flexibility index (Phi) is 4.12. The summed E-state index contributed by atoms with van der Waals surface area (Å²) in [6.07, 6.45) is 0.555. The van der Waals surface area contributed by atoms with E-state index in [1.807, 2.05) is 31.2 Å². The number of aryl methyl sites for hydroxylation is 1. The van der Waals surface area contributed by atoms with Crippen LogP contribution in [0.5, 0.6) is 0 Å². The lowest BCUT2D eigenvalue weighted by Crippen LogP contribution is -2.02. The number of hydrogen-bond acceptors (Lipinski definition) is 0. The molecule has 0 aliphatic carbocycles. The van der Waals surface area contributed by atoms with Crippen molar-refractivity contribution < 1.29 is 8.78 Å². The van der Waals surface area contributed by atoms with Crippen molar-refractivity contribution in [1.82, 2.24) is 0 Å². The van der Waals surface area contributed by atoms with Crippen LogP contribution in [0.1, 0.15) is 21.5 Å². The second-order valence-electron chi connectivity index (χ2n) is 4.30. The Morgan fingerprint density at radius 3 is 2.28 bits per heavy atom. The first-order valence-electron chi connectivity index (χ1n) is 5.71. The molecule has 2 aromatic rings. The summed E-state index contributed by atoms with van der Waals surface area (Å²) in [5, 5.41) is 0. The molecule has 1 unspecified atom stereocenters. The molecule has 0 aliphatic heterocycles. The fraction of sp³-hybridized carbons (Fsp3) is 0.200. The average molecular weight is 311 g/mol. The van der Waals surface area contributed by atoms with Gasteiger partial charge in [-0.05, 0) is 31.0 Å². The van der Waals surface area contributed by atoms with Gasteiger partial charge in [0.1, 0.15) is 11.6 Å². The molecule has 0 nitrogen and oxygen atoms in total. The van der Waals surface area contributed by atoms with Crippen molar-refractivity contribution in [3.05, 3.63) is 70.8 Å². The molecule has 0 N–H and O–H groups in total. The second-order valence-corrected chi connectivity index (χ2v) is 5.40. The van der Waals surface area contributed by atoms with Crippen LogP contribution in [0.15, 0.2) is 42.5 Å². The molecular weight excluding hydrogens is 298 g/mol. The highest BCUT2D eigenvalue weighted by Crippen LogP contribution is 2.31. The van der Waals surface area contributed by atoms with Crippen molar-refractivity contribution >= 4 is 15.9 Å². The van der Waals surface area contributed by atoms with Crippen molar-refractivity contribution in [2.45, 2.75) is 18.2 Å². The van der Waals surface area contributed by atoms with Gasteiger partial charge in [-0.1, -0.05) is 51.8 Å². The Hall–Kier alpha value is -1.22. The van der Waals surface area contributed by atoms with Crippen molar-refractivity contribution in [2.24, 2.45) is 0 Å². The SMILES string of the molecule is Cc1cccc(CC(Br)c2c(F)cccc2F)c1. The molecule has 0 aromatic heterocycles. The van der Waals surface area contributed by atoms with E-state index in [1.54, 1.807) is 0 Å². The number of alkyl halides is 1. The Bertz CT molecular complexity index is 532. The molecule has 3 heteroatoms. The highest BCUT2D eigenvalue weighted by Gasteiger charge is 2.17. The van der Waals surface area contributed by atoms with Gasteiger partial charge in [0.15, 0.2) is 0 Å². The Morgan fingerprint density at radius 1 is 1.06 bits per heavy atom. The Labute approximate surface area is 114 Å². The fourth-order valence-electron chi connectivity index (χ4n) is 1.96. The average Bonchev–Trinajstić information content (AvgIpc) is 2.28. The van der Waals surface area contributed by atoms with Crippen LogP contribution in [0.25, 0.3) is 0 Å². The van der Waals surface area contributed by atoms with E-state index >= 15 is 0 Å². The van der Waals surface area contributed by atoms with Gasteiger partial charge >= 0.3 is 0 Å². The maximum absolute atomic E-state index is 13.6. The predicted octanol–water partition coefficient (Wildman–Crippen LogP) is 4.95. The topological polar surface area (TPSA) is 0 Å². The molecule has 2 aromatic carbocycles. The first-order chi connectivity index (χ1) is 8.58. The molecule has 0 saturated heterocycles. The van der Waals surface area contributed by atoms with Crippen molar-refractivity contribution in [3.8, 4) is 0 Å². The smallest absolute Gasteiger partial charge is 0.130 e. The van der Waals surface area contributed by atoms with Gasteiger partial charge in [-0.2, -0.15) is 0 Å². The Morgan fingerprint density at radius 2 is 1.67 bits per heavy atom. The summed E-state index contributed by atoms with van der Waals surface area (Å²) in [6.45, 7) is 2.00. The van der Waals surface area contributed by atoms with Gasteiger partial charge in [-0.15, -0.1) is 0 Å². The van der Waals surface area contributed by atoms with Gasteiger partial charge in [0.05, 0.1) is 0 Å². The molecule has 0 aliphatic rings. The zero-order valence-electron chi connectivity index (χ0n) is 9.96. The van der Waals surface area contributed by atoms with Crippen LogP contribution >= 0.6 is 15.9 Å². The largest absolute Gasteiger partial charge is 0.207 e. The molecule has 0 amide bonds. The van der Waals surface area contributed by atoms with Crippen LogP contribution in [0, 0.1) is 18.6 Å². The zero-order valence-corrected chi connectivity index (χ0v) is 11.5. The quantitative estimate of drug-likeness (QED) is 0.703. The van der Waals surface area contributed by atoms with Crippen LogP contribution in [0.2, 0.25) is 0 Å². The molecule has 2 rings (SSSR count). The summed E-state index contributed by atoms with van der Waals surface area (Å²) in [4.78, 5) is -0.361. The zero-order chi connectivity index (χ0) is 13.1. The monoisotopic (exact) mass is 310 g/mol. The van der Waals surface area contributed by atoms with E-state index in [-0.39, 0.29) is 10.4 Å². The molecule has 0 saturated carbocycles. The molecule has 1 atom stereocenters. The number of halogens is 3. The Balaban J connectivity index is 2.25. The van der Waals surface area contributed by atoms with Gasteiger partial charge in [-0.3, -0.25) is 0 Å². The summed E-state index contributed by atoms with van der Waals surface area (Å²) in [7, 11) is 0. The van der Waals surface area contributed by atoms with Crippen LogP contribution in [0.3, 0.4) is 0 Å². The molecule has 18 heavy (non-hydrogen) atoms. The third kappa shape index (κ3) is 2.96. The van der Waals surface area contributed by atoms with E-state index in [4.69, 9.17) is 0 Å². The summed E-state index contributed by atoms with van der Waals surface area (Å²) in [6, 6.07) is 11.9. The first-order valence-corrected chi connectivity index (χ1v) is 6.63. The summed E-state index contributed by atoms with van der Waals surface area (Å²) < 4.78 is 27.2. The van der Waals surface area contributed by atoms with E-state index in [2.05, 4.69) is 15.9 Å². The standard InChI is InChI=1S/C15H13BrF2/c1-10-4-2-5-11(8-10)9-12(16)15-13(17)6-3-7-14(15)18/h2-8,12H,9H2,1H3. The van der Waals surface area contributed by atoms with Crippen LogP contribution < -0.4 is 0 Å². The van der Waals surface area contributed by atoms with Gasteiger partial charge in [0.2, 0.25) is 0 Å². The van der Waals surface area contributed by atoms with Crippen molar-refractivity contribution in [1.29, 1.82) is 0 Å². The van der Waals surface area contributed by atoms with Crippen LogP contribution in [0.4, 0.5) is 8.78 Å². The van der Waals surface area contributed by atoms with E-state index < -0.39 is 11.6 Å². The van der Waals surface area contributed by atoms with Gasteiger partial charge in [-0.25, -0.2) is 8.78 Å². The van der Waals surface area contributed by atoms with Gasteiger partial charge in [0.25, 0.3) is 0 Å². The number of benzene rings is 2. The summed E-state index contributed by atoms with van der Waals surface area (Å²) in [5.74, 6) is -1.02. The van der Waals surface area contributed by atoms with Crippen LogP contribution in [-0.4, -0.2) is 0 Å². The van der Waals surface area contributed by atoms with Gasteiger partial charge < -0.3 is 0 Å². The second kappa shape index (κ2) is 5.61. The molecule has 0 heterocycles. The van der Waals surface area contributed by atoms with E-state index in [1.165, 1.54) is 18.2 Å². The van der Waals surface area contributed by atoms with E-state index in [0.29, 0.717) is 6.42 Å². The number of rotatable bonds is 3. The first kappa shape index (κ1) is 13.2. The van der Waals surface area contributed by atoms with E-state index in [0.717, 1.165) is 11.1 Å². The van der Waals surface area contributed by atoms with Gasteiger partial charge in [0, 0.05) is 10.4 Å². The third-order valence-corrected chi connectivity index (χ3v) is 3.59. The summed E-state index contributed by atoms with van der Waals surface area (Å²) >= 11 is 3.37. The summed E-state index contributed by atoms with van der Waals surface area (Å²) in [5.41, 5.74) is 2.29. The molecule has 94 valence electrons. The number of hydrogen-bond donors (Lipinski definition) is 0. The lowest BCUT2D eigenvalue weighted by molar-refractivity contribution is 0.553. The maximum Gasteiger partial charge on any atom is 0.130 e. The highest BCUT2D eigenvalue weighted by atomic mass is 79.9. The van der Waals surface area contributed by atoms with Crippen LogP contribution in [-0.2, 0) is 6.42 Å². The lowest BCUT2D eigenvalue weighted by atomic mass is 10.0. The maximum atomic E-state index is 13.6. The minimum atomic E-state index is -0.510. The predicted molar refractivity (Wildman–Crippen MR) is 72.9 cm³/mol. The van der Waals surface area contributed by atoms with E-state index in [9.17, 15) is 8.78 Å². The molecule has 0 bridgehead atoms. The minimum absolute atomic E-state index is 0.0963. The molecule has 0 radical (unpaired) electrons. The van der Waals surface area contributed by atoms with Crippen molar-refractivity contribution in [3.63, 3.8) is 0 Å². The molecular formula is C15H13BrF2. The molecule has 0 spiro atoms. The lowest BCUT2D eigenvalue weighted by Gasteiger charge is -2.12. The van der Waals surface area contributed by atoms with Crippen molar-refractivity contribution in [2.75, 3.05) is 0 Å². The fourth-order valence-corrected chi connectivity index (χ4v) is 2.77. The normalized spacial score (nSPS) is 12.4. The minimum Gasteiger partial charge on any atom is -0.207 e. The molecule has 0 fully saturated rings. The third-order valence-electron chi connectivity index (χ3n) is 2.81. The highest BCUT2D eigenvalue weighted by molar-refractivity contribution is 9.09.